The van der Waals surface area contributed by atoms with Crippen molar-refractivity contribution in [3.05, 3.63) is 57.4 Å². The number of para-hydroxylation sites is 1. The Balaban J connectivity index is 2.10. The minimum atomic E-state index is 0.667. The third-order valence-corrected chi connectivity index (χ3v) is 3.72. The second kappa shape index (κ2) is 5.30. The number of benzene rings is 2. The second-order valence-corrected chi connectivity index (χ2v) is 5.64. The molecule has 0 aliphatic heterocycles. The number of aromatic nitrogens is 2. The fraction of sp³-hybridized carbons (Fsp3) is 0. The molecular weight excluding hydrogens is 373 g/mol. The molecule has 3 aromatic rings. The van der Waals surface area contributed by atoms with Gasteiger partial charge in [-0.05, 0) is 52.9 Å². The Hall–Kier alpha value is -1.40. The van der Waals surface area contributed by atoms with Crippen LogP contribution < -0.4 is 5.32 Å². The molecular formula is C14H9ClIN3. The van der Waals surface area contributed by atoms with Gasteiger partial charge in [-0.2, -0.15) is 0 Å². The molecule has 5 heteroatoms. The normalized spacial score (nSPS) is 10.6. The first-order chi connectivity index (χ1) is 9.24. The predicted octanol–water partition coefficient (Wildman–Crippen LogP) is 4.63. The molecule has 0 aliphatic rings. The SMILES string of the molecule is Clc1ccccc1Nc1ncnc2ccc(I)cc12. The van der Waals surface area contributed by atoms with Crippen LogP contribution in [0, 0.1) is 3.57 Å². The smallest absolute Gasteiger partial charge is 0.141 e. The third-order valence-electron chi connectivity index (χ3n) is 2.72. The summed E-state index contributed by atoms with van der Waals surface area (Å²) in [6.45, 7) is 0. The van der Waals surface area contributed by atoms with Crippen molar-refractivity contribution < 1.29 is 0 Å². The summed E-state index contributed by atoms with van der Waals surface area (Å²) in [5.74, 6) is 0.761. The fourth-order valence-corrected chi connectivity index (χ4v) is 2.49. The average Bonchev–Trinajstić information content (AvgIpc) is 2.42. The Kier molecular flexibility index (Phi) is 3.52. The van der Waals surface area contributed by atoms with E-state index >= 15 is 0 Å². The van der Waals surface area contributed by atoms with Crippen LogP contribution in [0.5, 0.6) is 0 Å². The summed E-state index contributed by atoms with van der Waals surface area (Å²) in [5, 5.41) is 4.90. The van der Waals surface area contributed by atoms with Crippen molar-refractivity contribution >= 4 is 56.6 Å². The Morgan fingerprint density at radius 3 is 2.74 bits per heavy atom. The molecule has 1 aromatic heterocycles. The maximum Gasteiger partial charge on any atom is 0.141 e. The van der Waals surface area contributed by atoms with Gasteiger partial charge in [0.2, 0.25) is 0 Å². The van der Waals surface area contributed by atoms with Crippen LogP contribution in [0.25, 0.3) is 10.9 Å². The molecule has 3 nitrogen and oxygen atoms in total. The van der Waals surface area contributed by atoms with Crippen molar-refractivity contribution in [2.75, 3.05) is 5.32 Å². The van der Waals surface area contributed by atoms with Gasteiger partial charge in [0, 0.05) is 8.96 Å². The molecule has 0 amide bonds. The van der Waals surface area contributed by atoms with Crippen molar-refractivity contribution in [2.24, 2.45) is 0 Å². The number of rotatable bonds is 2. The zero-order valence-electron chi connectivity index (χ0n) is 9.77. The number of nitrogens with one attached hydrogen (secondary N) is 1. The van der Waals surface area contributed by atoms with Crippen LogP contribution >= 0.6 is 34.2 Å². The highest BCUT2D eigenvalue weighted by atomic mass is 127. The molecule has 1 N–H and O–H groups in total. The van der Waals surface area contributed by atoms with E-state index in [4.69, 9.17) is 11.6 Å². The monoisotopic (exact) mass is 381 g/mol. The van der Waals surface area contributed by atoms with Crippen molar-refractivity contribution in [3.8, 4) is 0 Å². The average molecular weight is 382 g/mol. The summed E-state index contributed by atoms with van der Waals surface area (Å²) >= 11 is 8.42. The largest absolute Gasteiger partial charge is 0.338 e. The lowest BCUT2D eigenvalue weighted by molar-refractivity contribution is 1.22. The lowest BCUT2D eigenvalue weighted by atomic mass is 10.2. The van der Waals surface area contributed by atoms with Gasteiger partial charge >= 0.3 is 0 Å². The van der Waals surface area contributed by atoms with E-state index in [-0.39, 0.29) is 0 Å². The Bertz CT molecular complexity index is 746. The van der Waals surface area contributed by atoms with Gasteiger partial charge in [-0.25, -0.2) is 9.97 Å². The fourth-order valence-electron chi connectivity index (χ4n) is 1.82. The van der Waals surface area contributed by atoms with Crippen LogP contribution in [0.2, 0.25) is 5.02 Å². The van der Waals surface area contributed by atoms with Crippen LogP contribution in [0.15, 0.2) is 48.8 Å². The standard InChI is InChI=1S/C14H9ClIN3/c15-11-3-1-2-4-13(11)19-14-10-7-9(16)5-6-12(10)17-8-18-14/h1-8H,(H,17,18,19). The number of hydrogen-bond donors (Lipinski definition) is 1. The topological polar surface area (TPSA) is 37.8 Å². The first-order valence-electron chi connectivity index (χ1n) is 5.66. The van der Waals surface area contributed by atoms with E-state index in [1.807, 2.05) is 36.4 Å². The molecule has 19 heavy (non-hydrogen) atoms. The number of fused-ring (bicyclic) bond motifs is 1. The zero-order valence-corrected chi connectivity index (χ0v) is 12.7. The summed E-state index contributed by atoms with van der Waals surface area (Å²) in [4.78, 5) is 8.56. The molecule has 0 aliphatic carbocycles. The lowest BCUT2D eigenvalue weighted by Crippen LogP contribution is -1.96. The summed E-state index contributed by atoms with van der Waals surface area (Å²) in [5.41, 5.74) is 1.74. The third kappa shape index (κ3) is 2.64. The van der Waals surface area contributed by atoms with Crippen molar-refractivity contribution in [2.45, 2.75) is 0 Å². The number of halogens is 2. The first kappa shape index (κ1) is 12.6. The number of anilines is 2. The van der Waals surface area contributed by atoms with Crippen molar-refractivity contribution in [3.63, 3.8) is 0 Å². The molecule has 0 radical (unpaired) electrons. The highest BCUT2D eigenvalue weighted by molar-refractivity contribution is 14.1. The molecule has 94 valence electrons. The van der Waals surface area contributed by atoms with E-state index in [0.717, 1.165) is 26.0 Å². The Morgan fingerprint density at radius 1 is 1.05 bits per heavy atom. The van der Waals surface area contributed by atoms with Gasteiger partial charge in [-0.3, -0.25) is 0 Å². The van der Waals surface area contributed by atoms with E-state index in [1.54, 1.807) is 6.33 Å². The molecule has 0 fully saturated rings. The highest BCUT2D eigenvalue weighted by Crippen LogP contribution is 2.28. The maximum atomic E-state index is 6.15. The quantitative estimate of drug-likeness (QED) is 0.658. The zero-order chi connectivity index (χ0) is 13.2. The van der Waals surface area contributed by atoms with Gasteiger partial charge < -0.3 is 5.32 Å². The summed E-state index contributed by atoms with van der Waals surface area (Å²) in [6, 6.07) is 13.7. The van der Waals surface area contributed by atoms with E-state index in [0.29, 0.717) is 5.02 Å². The summed E-state index contributed by atoms with van der Waals surface area (Å²) in [6.07, 6.45) is 1.55. The van der Waals surface area contributed by atoms with Crippen molar-refractivity contribution in [1.29, 1.82) is 0 Å². The highest BCUT2D eigenvalue weighted by Gasteiger charge is 2.06. The minimum absolute atomic E-state index is 0.667. The maximum absolute atomic E-state index is 6.15. The molecule has 0 unspecified atom stereocenters. The van der Waals surface area contributed by atoms with E-state index in [1.165, 1.54) is 0 Å². The summed E-state index contributed by atoms with van der Waals surface area (Å²) in [7, 11) is 0. The van der Waals surface area contributed by atoms with Crippen LogP contribution in [-0.2, 0) is 0 Å². The summed E-state index contributed by atoms with van der Waals surface area (Å²) < 4.78 is 1.14. The van der Waals surface area contributed by atoms with E-state index in [9.17, 15) is 0 Å². The molecule has 3 rings (SSSR count). The van der Waals surface area contributed by atoms with Crippen LogP contribution in [0.3, 0.4) is 0 Å². The Morgan fingerprint density at radius 2 is 1.89 bits per heavy atom. The van der Waals surface area contributed by atoms with Crippen LogP contribution in [0.1, 0.15) is 0 Å². The molecule has 0 atom stereocenters. The van der Waals surface area contributed by atoms with Crippen LogP contribution in [-0.4, -0.2) is 9.97 Å². The lowest BCUT2D eigenvalue weighted by Gasteiger charge is -2.09. The molecule has 0 saturated heterocycles. The van der Waals surface area contributed by atoms with E-state index in [2.05, 4.69) is 43.9 Å². The number of nitrogens with zero attached hydrogens (tertiary/aromatic N) is 2. The van der Waals surface area contributed by atoms with Gasteiger partial charge in [0.05, 0.1) is 16.2 Å². The second-order valence-electron chi connectivity index (χ2n) is 3.99. The van der Waals surface area contributed by atoms with Crippen molar-refractivity contribution in [1.82, 2.24) is 9.97 Å². The van der Waals surface area contributed by atoms with Crippen LogP contribution in [0.4, 0.5) is 11.5 Å². The molecule has 0 bridgehead atoms. The predicted molar refractivity (Wildman–Crippen MR) is 87.0 cm³/mol. The first-order valence-corrected chi connectivity index (χ1v) is 7.11. The van der Waals surface area contributed by atoms with Gasteiger partial charge in [0.15, 0.2) is 0 Å². The number of hydrogen-bond acceptors (Lipinski definition) is 3. The minimum Gasteiger partial charge on any atom is -0.338 e. The van der Waals surface area contributed by atoms with Gasteiger partial charge in [0.1, 0.15) is 12.1 Å². The van der Waals surface area contributed by atoms with Gasteiger partial charge in [-0.1, -0.05) is 23.7 Å². The molecule has 0 spiro atoms. The van der Waals surface area contributed by atoms with Gasteiger partial charge in [-0.15, -0.1) is 0 Å². The van der Waals surface area contributed by atoms with E-state index < -0.39 is 0 Å². The van der Waals surface area contributed by atoms with Gasteiger partial charge in [0.25, 0.3) is 0 Å². The Labute approximate surface area is 129 Å². The molecule has 2 aromatic carbocycles. The molecule has 1 heterocycles. The molecule has 0 saturated carbocycles.